The summed E-state index contributed by atoms with van der Waals surface area (Å²) in [4.78, 5) is 4.24. The standard InChI is InChI=1S/C11H16Cl2N2O/c1-3-4-14-10(7-16-2)11-9(13)5-8(12)6-15-11/h5-6,10,14H,3-4,7H2,1-2H3. The van der Waals surface area contributed by atoms with Crippen LogP contribution in [0.3, 0.4) is 0 Å². The lowest BCUT2D eigenvalue weighted by Crippen LogP contribution is -2.27. The fraction of sp³-hybridized carbons (Fsp3) is 0.545. The van der Waals surface area contributed by atoms with Gasteiger partial charge >= 0.3 is 0 Å². The van der Waals surface area contributed by atoms with E-state index in [2.05, 4.69) is 17.2 Å². The minimum Gasteiger partial charge on any atom is -0.383 e. The topological polar surface area (TPSA) is 34.1 Å². The lowest BCUT2D eigenvalue weighted by atomic mass is 10.2. The van der Waals surface area contributed by atoms with Crippen molar-refractivity contribution in [3.05, 3.63) is 28.0 Å². The Morgan fingerprint density at radius 3 is 2.81 bits per heavy atom. The van der Waals surface area contributed by atoms with Crippen molar-refractivity contribution in [3.63, 3.8) is 0 Å². The smallest absolute Gasteiger partial charge is 0.0783 e. The van der Waals surface area contributed by atoms with E-state index in [0.717, 1.165) is 18.7 Å². The summed E-state index contributed by atoms with van der Waals surface area (Å²) in [5, 5.41) is 4.44. The first kappa shape index (κ1) is 13.7. The lowest BCUT2D eigenvalue weighted by Gasteiger charge is -2.18. The number of nitrogens with zero attached hydrogens (tertiary/aromatic N) is 1. The van der Waals surface area contributed by atoms with Crippen LogP contribution in [0.15, 0.2) is 12.3 Å². The Labute approximate surface area is 106 Å². The van der Waals surface area contributed by atoms with Crippen molar-refractivity contribution in [2.45, 2.75) is 19.4 Å². The van der Waals surface area contributed by atoms with Crippen LogP contribution in [0.1, 0.15) is 25.1 Å². The summed E-state index contributed by atoms with van der Waals surface area (Å²) < 4.78 is 5.15. The van der Waals surface area contributed by atoms with Gasteiger partial charge in [-0.05, 0) is 19.0 Å². The van der Waals surface area contributed by atoms with Crippen molar-refractivity contribution in [1.29, 1.82) is 0 Å². The van der Waals surface area contributed by atoms with E-state index in [-0.39, 0.29) is 6.04 Å². The van der Waals surface area contributed by atoms with E-state index in [0.29, 0.717) is 16.7 Å². The summed E-state index contributed by atoms with van der Waals surface area (Å²) in [6.07, 6.45) is 2.64. The fourth-order valence-electron chi connectivity index (χ4n) is 1.40. The number of pyridine rings is 1. The molecule has 5 heteroatoms. The Balaban J connectivity index is 2.82. The molecule has 1 N–H and O–H groups in total. The number of nitrogens with one attached hydrogen (secondary N) is 1. The predicted molar refractivity (Wildman–Crippen MR) is 67.2 cm³/mol. The molecule has 1 atom stereocenters. The Morgan fingerprint density at radius 2 is 2.25 bits per heavy atom. The lowest BCUT2D eigenvalue weighted by molar-refractivity contribution is 0.165. The van der Waals surface area contributed by atoms with Gasteiger partial charge in [-0.25, -0.2) is 0 Å². The van der Waals surface area contributed by atoms with Crippen LogP contribution >= 0.6 is 23.2 Å². The molecule has 0 amide bonds. The van der Waals surface area contributed by atoms with E-state index in [1.54, 1.807) is 19.4 Å². The molecule has 1 aromatic rings. The first-order valence-corrected chi connectivity index (χ1v) is 5.97. The second-order valence-corrected chi connectivity index (χ2v) is 4.33. The Kier molecular flexibility index (Phi) is 6.06. The summed E-state index contributed by atoms with van der Waals surface area (Å²) in [5.41, 5.74) is 0.779. The molecule has 0 spiro atoms. The highest BCUT2D eigenvalue weighted by molar-refractivity contribution is 6.34. The summed E-state index contributed by atoms with van der Waals surface area (Å²) >= 11 is 11.9. The van der Waals surface area contributed by atoms with Gasteiger partial charge in [-0.15, -0.1) is 0 Å². The molecule has 0 aliphatic carbocycles. The number of aromatic nitrogens is 1. The molecule has 1 heterocycles. The molecule has 0 saturated carbocycles. The molecule has 0 fully saturated rings. The fourth-order valence-corrected chi connectivity index (χ4v) is 1.91. The third-order valence-corrected chi connectivity index (χ3v) is 2.65. The number of methoxy groups -OCH3 is 1. The molecule has 1 rings (SSSR count). The molecule has 3 nitrogen and oxygen atoms in total. The van der Waals surface area contributed by atoms with Crippen molar-refractivity contribution >= 4 is 23.2 Å². The largest absolute Gasteiger partial charge is 0.383 e. The summed E-state index contributed by atoms with van der Waals surface area (Å²) in [7, 11) is 1.66. The van der Waals surface area contributed by atoms with Crippen LogP contribution in [0.25, 0.3) is 0 Å². The number of rotatable bonds is 6. The zero-order chi connectivity index (χ0) is 12.0. The van der Waals surface area contributed by atoms with E-state index >= 15 is 0 Å². The van der Waals surface area contributed by atoms with Gasteiger partial charge in [0.05, 0.1) is 28.4 Å². The van der Waals surface area contributed by atoms with Gasteiger partial charge in [0.2, 0.25) is 0 Å². The van der Waals surface area contributed by atoms with Crippen LogP contribution in [0.4, 0.5) is 0 Å². The number of hydrogen-bond acceptors (Lipinski definition) is 3. The molecule has 0 aromatic carbocycles. The van der Waals surface area contributed by atoms with Crippen molar-refractivity contribution in [3.8, 4) is 0 Å². The van der Waals surface area contributed by atoms with Gasteiger partial charge in [0, 0.05) is 13.3 Å². The van der Waals surface area contributed by atoms with Crippen molar-refractivity contribution in [1.82, 2.24) is 10.3 Å². The molecule has 0 aliphatic rings. The maximum Gasteiger partial charge on any atom is 0.0783 e. The van der Waals surface area contributed by atoms with E-state index in [1.807, 2.05) is 0 Å². The van der Waals surface area contributed by atoms with Gasteiger partial charge in [-0.3, -0.25) is 4.98 Å². The zero-order valence-corrected chi connectivity index (χ0v) is 11.0. The second-order valence-electron chi connectivity index (χ2n) is 3.48. The Bertz CT molecular complexity index is 334. The molecule has 0 aliphatic heterocycles. The zero-order valence-electron chi connectivity index (χ0n) is 9.46. The molecule has 90 valence electrons. The molecule has 1 unspecified atom stereocenters. The van der Waals surface area contributed by atoms with E-state index in [4.69, 9.17) is 27.9 Å². The van der Waals surface area contributed by atoms with Gasteiger partial charge in [0.1, 0.15) is 0 Å². The van der Waals surface area contributed by atoms with Crippen molar-refractivity contribution in [2.24, 2.45) is 0 Å². The molecule has 0 radical (unpaired) electrons. The van der Waals surface area contributed by atoms with Crippen LogP contribution in [0.2, 0.25) is 10.0 Å². The van der Waals surface area contributed by atoms with Gasteiger partial charge in [0.15, 0.2) is 0 Å². The van der Waals surface area contributed by atoms with Gasteiger partial charge < -0.3 is 10.1 Å². The van der Waals surface area contributed by atoms with Crippen molar-refractivity contribution < 1.29 is 4.74 Å². The highest BCUT2D eigenvalue weighted by Gasteiger charge is 2.15. The normalized spacial score (nSPS) is 12.8. The minimum absolute atomic E-state index is 0.00900. The van der Waals surface area contributed by atoms with E-state index in [9.17, 15) is 0 Å². The molecule has 1 aromatic heterocycles. The predicted octanol–water partition coefficient (Wildman–Crippen LogP) is 3.08. The van der Waals surface area contributed by atoms with Gasteiger partial charge in [0.25, 0.3) is 0 Å². The average Bonchev–Trinajstić information content (AvgIpc) is 2.25. The SMILES string of the molecule is CCCNC(COC)c1ncc(Cl)cc1Cl. The molecule has 0 saturated heterocycles. The summed E-state index contributed by atoms with van der Waals surface area (Å²) in [6.45, 7) is 3.54. The van der Waals surface area contributed by atoms with E-state index < -0.39 is 0 Å². The molecular weight excluding hydrogens is 247 g/mol. The average molecular weight is 263 g/mol. The third kappa shape index (κ3) is 3.91. The van der Waals surface area contributed by atoms with E-state index in [1.165, 1.54) is 0 Å². The number of ether oxygens (including phenoxy) is 1. The highest BCUT2D eigenvalue weighted by atomic mass is 35.5. The molecule has 0 bridgehead atoms. The maximum absolute atomic E-state index is 6.10. The van der Waals surface area contributed by atoms with Crippen LogP contribution in [-0.2, 0) is 4.74 Å². The third-order valence-electron chi connectivity index (χ3n) is 2.14. The first-order chi connectivity index (χ1) is 7.69. The molecular formula is C11H16Cl2N2O. The van der Waals surface area contributed by atoms with Crippen LogP contribution in [-0.4, -0.2) is 25.2 Å². The maximum atomic E-state index is 6.10. The Morgan fingerprint density at radius 1 is 1.50 bits per heavy atom. The monoisotopic (exact) mass is 262 g/mol. The van der Waals surface area contributed by atoms with Gasteiger partial charge in [-0.1, -0.05) is 30.1 Å². The highest BCUT2D eigenvalue weighted by Crippen LogP contribution is 2.23. The first-order valence-electron chi connectivity index (χ1n) is 5.22. The quantitative estimate of drug-likeness (QED) is 0.856. The minimum atomic E-state index is 0.00900. The number of halogens is 2. The summed E-state index contributed by atoms with van der Waals surface area (Å²) in [6, 6.07) is 1.71. The summed E-state index contributed by atoms with van der Waals surface area (Å²) in [5.74, 6) is 0. The van der Waals surface area contributed by atoms with Crippen LogP contribution in [0.5, 0.6) is 0 Å². The Hall–Kier alpha value is -0.350. The van der Waals surface area contributed by atoms with Crippen LogP contribution in [0, 0.1) is 0 Å². The van der Waals surface area contributed by atoms with Crippen molar-refractivity contribution in [2.75, 3.05) is 20.3 Å². The second kappa shape index (κ2) is 7.07. The van der Waals surface area contributed by atoms with Gasteiger partial charge in [-0.2, -0.15) is 0 Å². The van der Waals surface area contributed by atoms with Crippen LogP contribution < -0.4 is 5.32 Å². The number of hydrogen-bond donors (Lipinski definition) is 1. The molecule has 16 heavy (non-hydrogen) atoms.